The number of nitrogens with zero attached hydrogens (tertiary/aromatic N) is 2. The van der Waals surface area contributed by atoms with Crippen molar-refractivity contribution in [2.75, 3.05) is 0 Å². The summed E-state index contributed by atoms with van der Waals surface area (Å²) in [5, 5.41) is 0. The van der Waals surface area contributed by atoms with Gasteiger partial charge in [0, 0.05) is 45.1 Å². The van der Waals surface area contributed by atoms with Gasteiger partial charge in [-0.3, -0.25) is 9.98 Å². The van der Waals surface area contributed by atoms with Gasteiger partial charge in [0.15, 0.2) is 0 Å². The van der Waals surface area contributed by atoms with E-state index in [0.29, 0.717) is 0 Å². The number of allylic oxidation sites excluding steroid dienone is 1. The second-order valence-corrected chi connectivity index (χ2v) is 2.73. The second kappa shape index (κ2) is 5.41. The number of aromatic nitrogens is 1. The Kier molecular flexibility index (Phi) is 4.47. The molecule has 13 heavy (non-hydrogen) atoms. The Bertz CT molecular complexity index is 306. The maximum absolute atomic E-state index is 4.33. The molecule has 3 heteroatoms. The Morgan fingerprint density at radius 3 is 2.85 bits per heavy atom. The molecule has 0 saturated carbocycles. The zero-order valence-electron chi connectivity index (χ0n) is 7.30. The van der Waals surface area contributed by atoms with Gasteiger partial charge in [-0.2, -0.15) is 0 Å². The van der Waals surface area contributed by atoms with Crippen molar-refractivity contribution in [3.8, 4) is 0 Å². The van der Waals surface area contributed by atoms with E-state index in [1.807, 2.05) is 36.7 Å². The van der Waals surface area contributed by atoms with Crippen LogP contribution in [0.2, 0.25) is 0 Å². The van der Waals surface area contributed by atoms with E-state index < -0.39 is 0 Å². The topological polar surface area (TPSA) is 25.2 Å². The van der Waals surface area contributed by atoms with Gasteiger partial charge in [-0.05, 0) is 24.6 Å². The summed E-state index contributed by atoms with van der Waals surface area (Å²) in [4.78, 5) is 8.58. The van der Waals surface area contributed by atoms with Gasteiger partial charge < -0.3 is 0 Å². The van der Waals surface area contributed by atoms with E-state index >= 15 is 0 Å². The van der Waals surface area contributed by atoms with Gasteiger partial charge in [-0.15, -0.1) is 0 Å². The first-order valence-electron chi connectivity index (χ1n) is 4.06. The molecule has 0 aliphatic carbocycles. The van der Waals surface area contributed by atoms with Crippen LogP contribution in [0.3, 0.4) is 0 Å². The van der Waals surface area contributed by atoms with Crippen molar-refractivity contribution in [1.82, 2.24) is 4.98 Å². The predicted octanol–water partition coefficient (Wildman–Crippen LogP) is 2.15. The van der Waals surface area contributed by atoms with Crippen LogP contribution < -0.4 is 0 Å². The molecule has 1 aromatic heterocycles. The van der Waals surface area contributed by atoms with Crippen LogP contribution >= 0.6 is 0 Å². The third-order valence-corrected chi connectivity index (χ3v) is 1.88. The van der Waals surface area contributed by atoms with Gasteiger partial charge in [0.2, 0.25) is 0 Å². The molecule has 1 aromatic rings. The number of rotatable bonds is 1. The standard InChI is InChI=1S/C10H10N2.Y/c1-3-7-11-9(5-1)10-6-2-4-8-12-10;/h1-5,7-8,10H,6H2;/t10-;/m1./s1. The van der Waals surface area contributed by atoms with Gasteiger partial charge in [0.05, 0.1) is 11.7 Å². The predicted molar refractivity (Wildman–Crippen MR) is 49.2 cm³/mol. The largest absolute Gasteiger partial charge is 0.283 e. The molecule has 1 radical (unpaired) electrons. The summed E-state index contributed by atoms with van der Waals surface area (Å²) in [7, 11) is 0. The Labute approximate surface area is 103 Å². The first-order chi connectivity index (χ1) is 5.97. The molecule has 0 aromatic carbocycles. The van der Waals surface area contributed by atoms with Crippen molar-refractivity contribution < 1.29 is 32.7 Å². The van der Waals surface area contributed by atoms with Crippen LogP contribution in [0, 0.1) is 0 Å². The molecule has 1 aliphatic heterocycles. The molecular weight excluding hydrogens is 237 g/mol. The van der Waals surface area contributed by atoms with Crippen LogP contribution in [-0.4, -0.2) is 11.2 Å². The fourth-order valence-electron chi connectivity index (χ4n) is 1.25. The van der Waals surface area contributed by atoms with Gasteiger partial charge in [-0.1, -0.05) is 12.1 Å². The molecule has 63 valence electrons. The molecule has 2 nitrogen and oxygen atoms in total. The summed E-state index contributed by atoms with van der Waals surface area (Å²) in [6.07, 6.45) is 8.70. The maximum atomic E-state index is 4.33. The summed E-state index contributed by atoms with van der Waals surface area (Å²) in [5.74, 6) is 0. The van der Waals surface area contributed by atoms with Crippen molar-refractivity contribution in [2.45, 2.75) is 12.5 Å². The van der Waals surface area contributed by atoms with E-state index in [4.69, 9.17) is 0 Å². The fraction of sp³-hybridized carbons (Fsp3) is 0.200. The van der Waals surface area contributed by atoms with Crippen molar-refractivity contribution in [3.63, 3.8) is 0 Å². The molecular formula is C10H10N2Y. The van der Waals surface area contributed by atoms with Gasteiger partial charge in [0.25, 0.3) is 0 Å². The van der Waals surface area contributed by atoms with Crippen molar-refractivity contribution >= 4 is 6.21 Å². The summed E-state index contributed by atoms with van der Waals surface area (Å²) in [6.45, 7) is 0. The Hall–Kier alpha value is -0.336. The van der Waals surface area contributed by atoms with Crippen molar-refractivity contribution in [3.05, 3.63) is 42.2 Å². The molecule has 0 unspecified atom stereocenters. The van der Waals surface area contributed by atoms with E-state index in [1.54, 1.807) is 0 Å². The molecule has 0 bridgehead atoms. The van der Waals surface area contributed by atoms with Crippen LogP contribution in [-0.2, 0) is 32.7 Å². The van der Waals surface area contributed by atoms with E-state index in [0.717, 1.165) is 12.1 Å². The van der Waals surface area contributed by atoms with Gasteiger partial charge >= 0.3 is 0 Å². The molecule has 0 spiro atoms. The maximum Gasteiger partial charge on any atom is 0.0953 e. The first kappa shape index (κ1) is 10.7. The quantitative estimate of drug-likeness (QED) is 0.746. The zero-order valence-corrected chi connectivity index (χ0v) is 10.1. The normalized spacial score (nSPS) is 19.5. The smallest absolute Gasteiger partial charge is 0.0953 e. The monoisotopic (exact) mass is 247 g/mol. The van der Waals surface area contributed by atoms with Gasteiger partial charge in [-0.25, -0.2) is 0 Å². The molecule has 0 saturated heterocycles. The number of aliphatic imine (C=N–C) groups is 1. The van der Waals surface area contributed by atoms with Crippen molar-refractivity contribution in [1.29, 1.82) is 0 Å². The molecule has 1 aliphatic rings. The molecule has 0 fully saturated rings. The number of hydrogen-bond acceptors (Lipinski definition) is 2. The second-order valence-electron chi connectivity index (χ2n) is 2.73. The average molecular weight is 247 g/mol. The summed E-state index contributed by atoms with van der Waals surface area (Å²) < 4.78 is 0. The zero-order chi connectivity index (χ0) is 8.23. The van der Waals surface area contributed by atoms with Crippen LogP contribution in [0.1, 0.15) is 18.2 Å². The molecule has 0 N–H and O–H groups in total. The van der Waals surface area contributed by atoms with E-state index in [2.05, 4.69) is 16.1 Å². The first-order valence-corrected chi connectivity index (χ1v) is 4.06. The van der Waals surface area contributed by atoms with Gasteiger partial charge in [0.1, 0.15) is 0 Å². The number of pyridine rings is 1. The third kappa shape index (κ3) is 2.82. The number of dihydropyridines is 1. The minimum Gasteiger partial charge on any atom is -0.283 e. The third-order valence-electron chi connectivity index (χ3n) is 1.88. The van der Waals surface area contributed by atoms with Crippen molar-refractivity contribution in [2.24, 2.45) is 4.99 Å². The Morgan fingerprint density at radius 2 is 2.23 bits per heavy atom. The van der Waals surface area contributed by atoms with Crippen LogP contribution in [0.15, 0.2) is 41.5 Å². The molecule has 1 atom stereocenters. The summed E-state index contributed by atoms with van der Waals surface area (Å²) in [6, 6.07) is 6.17. The Morgan fingerprint density at radius 1 is 1.31 bits per heavy atom. The molecule has 2 heterocycles. The van der Waals surface area contributed by atoms with E-state index in [9.17, 15) is 0 Å². The minimum absolute atomic E-state index is 0. The van der Waals surface area contributed by atoms with E-state index in [1.165, 1.54) is 0 Å². The summed E-state index contributed by atoms with van der Waals surface area (Å²) in [5.41, 5.74) is 1.05. The minimum atomic E-state index is 0. The Balaban J connectivity index is 0.000000845. The average Bonchev–Trinajstić information content (AvgIpc) is 2.21. The SMILES string of the molecule is C1=CC[C@H](c2ccccn2)N=C1.[Y]. The molecule has 0 amide bonds. The number of hydrogen-bond donors (Lipinski definition) is 0. The van der Waals surface area contributed by atoms with Crippen LogP contribution in [0.25, 0.3) is 0 Å². The van der Waals surface area contributed by atoms with Crippen LogP contribution in [0.4, 0.5) is 0 Å². The molecule has 2 rings (SSSR count). The van der Waals surface area contributed by atoms with E-state index in [-0.39, 0.29) is 38.8 Å². The fourth-order valence-corrected chi connectivity index (χ4v) is 1.25. The summed E-state index contributed by atoms with van der Waals surface area (Å²) >= 11 is 0. The van der Waals surface area contributed by atoms with Crippen LogP contribution in [0.5, 0.6) is 0 Å².